The largest absolute Gasteiger partial charge is 0.326 e. The van der Waals surface area contributed by atoms with E-state index in [-0.39, 0.29) is 11.5 Å². The highest BCUT2D eigenvalue weighted by atomic mass is 16.1. The summed E-state index contributed by atoms with van der Waals surface area (Å²) in [7, 11) is 0. The monoisotopic (exact) mass is 377 g/mol. The molecule has 0 bridgehead atoms. The fourth-order valence-corrected chi connectivity index (χ4v) is 3.51. The van der Waals surface area contributed by atoms with Gasteiger partial charge in [0.1, 0.15) is 0 Å². The third-order valence-electron chi connectivity index (χ3n) is 5.12. The Balaban J connectivity index is 1.66. The van der Waals surface area contributed by atoms with Gasteiger partial charge in [-0.25, -0.2) is 4.98 Å². The van der Waals surface area contributed by atoms with E-state index in [0.717, 1.165) is 40.7 Å². The number of nitrogens with zero attached hydrogens (tertiary/aromatic N) is 2. The van der Waals surface area contributed by atoms with E-state index >= 15 is 0 Å². The SMILES string of the molecule is CCc1cccc(CC)c1NC(=O)CCCn1cnc2c(C)cccc2c1=O. The van der Waals surface area contributed by atoms with Crippen molar-refractivity contribution in [3.63, 3.8) is 0 Å². The van der Waals surface area contributed by atoms with Crippen molar-refractivity contribution in [1.82, 2.24) is 9.55 Å². The van der Waals surface area contributed by atoms with Crippen LogP contribution in [0.2, 0.25) is 0 Å². The van der Waals surface area contributed by atoms with Crippen LogP contribution in [0, 0.1) is 6.92 Å². The number of aromatic nitrogens is 2. The minimum Gasteiger partial charge on any atom is -0.326 e. The smallest absolute Gasteiger partial charge is 0.261 e. The highest BCUT2D eigenvalue weighted by molar-refractivity contribution is 5.92. The van der Waals surface area contributed by atoms with Gasteiger partial charge in [0.2, 0.25) is 5.91 Å². The number of hydrogen-bond donors (Lipinski definition) is 1. The number of amides is 1. The van der Waals surface area contributed by atoms with Gasteiger partial charge in [-0.15, -0.1) is 0 Å². The van der Waals surface area contributed by atoms with E-state index in [4.69, 9.17) is 0 Å². The van der Waals surface area contributed by atoms with Crippen molar-refractivity contribution in [2.24, 2.45) is 0 Å². The Kier molecular flexibility index (Phi) is 6.24. The molecule has 0 unspecified atom stereocenters. The predicted octanol–water partition coefficient (Wildman–Crippen LogP) is 4.25. The molecule has 2 aromatic carbocycles. The summed E-state index contributed by atoms with van der Waals surface area (Å²) in [5, 5.41) is 3.70. The molecule has 1 aromatic heterocycles. The van der Waals surface area contributed by atoms with Crippen LogP contribution >= 0.6 is 0 Å². The first-order valence-electron chi connectivity index (χ1n) is 9.90. The van der Waals surface area contributed by atoms with Crippen LogP contribution in [0.3, 0.4) is 0 Å². The van der Waals surface area contributed by atoms with E-state index in [1.54, 1.807) is 17.0 Å². The number of fused-ring (bicyclic) bond motifs is 1. The Bertz CT molecular complexity index is 1030. The molecule has 0 saturated carbocycles. The van der Waals surface area contributed by atoms with Gasteiger partial charge in [-0.3, -0.25) is 14.2 Å². The molecule has 1 amide bonds. The first-order chi connectivity index (χ1) is 13.5. The molecule has 0 fully saturated rings. The molecule has 0 atom stereocenters. The Morgan fingerprint density at radius 2 is 1.75 bits per heavy atom. The molecular weight excluding hydrogens is 350 g/mol. The number of benzene rings is 2. The summed E-state index contributed by atoms with van der Waals surface area (Å²) in [5.74, 6) is -0.0201. The topological polar surface area (TPSA) is 64.0 Å². The van der Waals surface area contributed by atoms with Gasteiger partial charge in [-0.1, -0.05) is 44.2 Å². The first kappa shape index (κ1) is 19.8. The van der Waals surface area contributed by atoms with Crippen LogP contribution in [0.1, 0.15) is 43.4 Å². The summed E-state index contributed by atoms with van der Waals surface area (Å²) >= 11 is 0. The normalized spacial score (nSPS) is 11.0. The maximum atomic E-state index is 12.6. The molecule has 1 N–H and O–H groups in total. The number of nitrogens with one attached hydrogen (secondary N) is 1. The zero-order valence-corrected chi connectivity index (χ0v) is 16.8. The Labute approximate surface area is 165 Å². The van der Waals surface area contributed by atoms with E-state index < -0.39 is 0 Å². The first-order valence-corrected chi connectivity index (χ1v) is 9.90. The molecule has 0 radical (unpaired) electrons. The summed E-state index contributed by atoms with van der Waals surface area (Å²) in [5.41, 5.74) is 4.92. The average molecular weight is 377 g/mol. The number of rotatable bonds is 7. The minimum absolute atomic E-state index is 0.0201. The van der Waals surface area contributed by atoms with Crippen LogP contribution in [0.4, 0.5) is 5.69 Å². The molecule has 1 heterocycles. The van der Waals surface area contributed by atoms with Gasteiger partial charge in [-0.05, 0) is 48.9 Å². The highest BCUT2D eigenvalue weighted by Crippen LogP contribution is 2.23. The van der Waals surface area contributed by atoms with Crippen LogP contribution in [0.5, 0.6) is 0 Å². The molecule has 3 aromatic rings. The lowest BCUT2D eigenvalue weighted by Gasteiger charge is -2.14. The fraction of sp³-hybridized carbons (Fsp3) is 0.348. The molecule has 0 aliphatic carbocycles. The molecule has 0 aliphatic rings. The second kappa shape index (κ2) is 8.83. The summed E-state index contributed by atoms with van der Waals surface area (Å²) in [6.45, 7) is 6.60. The molecule has 28 heavy (non-hydrogen) atoms. The molecule has 5 heteroatoms. The lowest BCUT2D eigenvalue weighted by atomic mass is 10.0. The Morgan fingerprint density at radius 1 is 1.07 bits per heavy atom. The molecule has 3 rings (SSSR count). The van der Waals surface area contributed by atoms with Gasteiger partial charge in [0.05, 0.1) is 17.2 Å². The maximum Gasteiger partial charge on any atom is 0.261 e. The Hall–Kier alpha value is -2.95. The molecular formula is C23H27N3O2. The van der Waals surface area contributed by atoms with Gasteiger partial charge in [0.25, 0.3) is 5.56 Å². The summed E-state index contributed by atoms with van der Waals surface area (Å²) in [4.78, 5) is 29.5. The standard InChI is InChI=1S/C23H27N3O2/c1-4-17-10-7-11-18(5-2)22(17)25-20(27)13-8-14-26-15-24-21-16(3)9-6-12-19(21)23(26)28/h6-7,9-12,15H,4-5,8,13-14H2,1-3H3,(H,25,27). The second-order valence-corrected chi connectivity index (χ2v) is 7.02. The van der Waals surface area contributed by atoms with Crippen LogP contribution in [0.15, 0.2) is 47.5 Å². The van der Waals surface area contributed by atoms with Crippen molar-refractivity contribution in [3.8, 4) is 0 Å². The van der Waals surface area contributed by atoms with Crippen LogP contribution < -0.4 is 10.9 Å². The molecule has 0 saturated heterocycles. The van der Waals surface area contributed by atoms with Crippen molar-refractivity contribution >= 4 is 22.5 Å². The van der Waals surface area contributed by atoms with E-state index in [9.17, 15) is 9.59 Å². The average Bonchev–Trinajstić information content (AvgIpc) is 2.70. The van der Waals surface area contributed by atoms with E-state index in [0.29, 0.717) is 24.8 Å². The summed E-state index contributed by atoms with van der Waals surface area (Å²) in [6.07, 6.45) is 4.28. The van der Waals surface area contributed by atoms with Gasteiger partial charge in [-0.2, -0.15) is 0 Å². The van der Waals surface area contributed by atoms with Gasteiger partial charge in [0.15, 0.2) is 0 Å². The number of hydrogen-bond acceptors (Lipinski definition) is 3. The van der Waals surface area contributed by atoms with E-state index in [2.05, 4.69) is 36.3 Å². The van der Waals surface area contributed by atoms with E-state index in [1.807, 2.05) is 25.1 Å². The molecule has 0 spiro atoms. The number of para-hydroxylation sites is 2. The van der Waals surface area contributed by atoms with Crippen molar-refractivity contribution in [3.05, 3.63) is 69.8 Å². The van der Waals surface area contributed by atoms with E-state index in [1.165, 1.54) is 0 Å². The second-order valence-electron chi connectivity index (χ2n) is 7.02. The van der Waals surface area contributed by atoms with Gasteiger partial charge < -0.3 is 5.32 Å². The molecule has 0 aliphatic heterocycles. The van der Waals surface area contributed by atoms with Crippen molar-refractivity contribution < 1.29 is 4.79 Å². The predicted molar refractivity (Wildman–Crippen MR) is 114 cm³/mol. The molecule has 146 valence electrons. The van der Waals surface area contributed by atoms with Crippen molar-refractivity contribution in [1.29, 1.82) is 0 Å². The maximum absolute atomic E-state index is 12.6. The van der Waals surface area contributed by atoms with Gasteiger partial charge >= 0.3 is 0 Å². The van der Waals surface area contributed by atoms with Crippen LogP contribution in [0.25, 0.3) is 10.9 Å². The number of carbonyl (C=O) groups is 1. The number of anilines is 1. The highest BCUT2D eigenvalue weighted by Gasteiger charge is 2.11. The third kappa shape index (κ3) is 4.14. The van der Waals surface area contributed by atoms with Crippen molar-refractivity contribution in [2.45, 2.75) is 53.0 Å². The van der Waals surface area contributed by atoms with Crippen molar-refractivity contribution in [2.75, 3.05) is 5.32 Å². The number of carbonyl (C=O) groups excluding carboxylic acids is 1. The zero-order chi connectivity index (χ0) is 20.1. The lowest BCUT2D eigenvalue weighted by molar-refractivity contribution is -0.116. The van der Waals surface area contributed by atoms with Crippen LogP contribution in [-0.2, 0) is 24.2 Å². The molecule has 5 nitrogen and oxygen atoms in total. The summed E-state index contributed by atoms with van der Waals surface area (Å²) in [6, 6.07) is 11.8. The Morgan fingerprint density at radius 3 is 2.43 bits per heavy atom. The third-order valence-corrected chi connectivity index (χ3v) is 5.12. The lowest BCUT2D eigenvalue weighted by Crippen LogP contribution is -2.22. The van der Waals surface area contributed by atoms with Crippen LogP contribution in [-0.4, -0.2) is 15.5 Å². The minimum atomic E-state index is -0.0568. The summed E-state index contributed by atoms with van der Waals surface area (Å²) < 4.78 is 1.59. The number of aryl methyl sites for hydroxylation is 4. The quantitative estimate of drug-likeness (QED) is 0.669. The zero-order valence-electron chi connectivity index (χ0n) is 16.8. The fourth-order valence-electron chi connectivity index (χ4n) is 3.51. The van der Waals surface area contributed by atoms with Gasteiger partial charge in [0, 0.05) is 18.7 Å².